The van der Waals surface area contributed by atoms with Crippen LogP contribution in [0.5, 0.6) is 0 Å². The summed E-state index contributed by atoms with van der Waals surface area (Å²) in [4.78, 5) is 29.4. The number of nitrogens with zero attached hydrogens (tertiary/aromatic N) is 2. The van der Waals surface area contributed by atoms with Gasteiger partial charge in [-0.3, -0.25) is 4.79 Å². The van der Waals surface area contributed by atoms with Gasteiger partial charge in [0.1, 0.15) is 5.60 Å². The third-order valence-corrected chi connectivity index (χ3v) is 5.34. The SMILES string of the molecule is Cc1ccc2c(c1)N(C(C)C)C(=O)C21CCN(C(=O)OC(C)(C)C)CC1. The highest BCUT2D eigenvalue weighted by atomic mass is 16.6. The average Bonchev–Trinajstić information content (AvgIpc) is 2.75. The lowest BCUT2D eigenvalue weighted by atomic mass is 9.73. The van der Waals surface area contributed by atoms with Crippen LogP contribution in [0.25, 0.3) is 0 Å². The first-order valence-corrected chi connectivity index (χ1v) is 9.48. The van der Waals surface area contributed by atoms with Gasteiger partial charge in [0.05, 0.1) is 5.41 Å². The number of aryl methyl sites for hydroxylation is 1. The van der Waals surface area contributed by atoms with Gasteiger partial charge in [0.25, 0.3) is 0 Å². The standard InChI is InChI=1S/C21H30N2O3/c1-14(2)23-17-13-15(3)7-8-16(17)21(18(23)24)9-11-22(12-10-21)19(25)26-20(4,5)6/h7-8,13-14H,9-12H2,1-6H3. The Morgan fingerprint density at radius 2 is 1.81 bits per heavy atom. The second-order valence-corrected chi connectivity index (χ2v) is 8.84. The maximum atomic E-state index is 13.4. The van der Waals surface area contributed by atoms with Crippen molar-refractivity contribution in [1.82, 2.24) is 4.90 Å². The van der Waals surface area contributed by atoms with Crippen LogP contribution in [0.2, 0.25) is 0 Å². The molecule has 5 heteroatoms. The summed E-state index contributed by atoms with van der Waals surface area (Å²) >= 11 is 0. The van der Waals surface area contributed by atoms with Crippen LogP contribution < -0.4 is 4.90 Å². The molecular formula is C21H30N2O3. The fraction of sp³-hybridized carbons (Fsp3) is 0.619. The summed E-state index contributed by atoms with van der Waals surface area (Å²) in [6, 6.07) is 6.42. The molecular weight excluding hydrogens is 328 g/mol. The first-order chi connectivity index (χ1) is 12.0. The first kappa shape index (κ1) is 18.7. The highest BCUT2D eigenvalue weighted by Crippen LogP contribution is 2.49. The minimum absolute atomic E-state index is 0.117. The van der Waals surface area contributed by atoms with Gasteiger partial charge in [-0.05, 0) is 71.6 Å². The van der Waals surface area contributed by atoms with E-state index in [-0.39, 0.29) is 18.0 Å². The van der Waals surface area contributed by atoms with Crippen molar-refractivity contribution >= 4 is 17.7 Å². The zero-order valence-corrected chi connectivity index (χ0v) is 16.8. The molecule has 1 aromatic carbocycles. The molecule has 0 aliphatic carbocycles. The normalized spacial score (nSPS) is 19.3. The molecule has 0 aromatic heterocycles. The van der Waals surface area contributed by atoms with Crippen molar-refractivity contribution in [2.45, 2.75) is 71.4 Å². The Bertz CT molecular complexity index is 725. The number of rotatable bonds is 1. The van der Waals surface area contributed by atoms with Gasteiger partial charge < -0.3 is 14.5 Å². The molecule has 142 valence electrons. The number of fused-ring (bicyclic) bond motifs is 2. The lowest BCUT2D eigenvalue weighted by Gasteiger charge is -2.39. The number of benzene rings is 1. The van der Waals surface area contributed by atoms with Gasteiger partial charge in [0.15, 0.2) is 0 Å². The molecule has 1 saturated heterocycles. The van der Waals surface area contributed by atoms with Gasteiger partial charge in [0.2, 0.25) is 5.91 Å². The molecule has 1 aromatic rings. The van der Waals surface area contributed by atoms with Crippen LogP contribution in [-0.4, -0.2) is 41.6 Å². The zero-order valence-electron chi connectivity index (χ0n) is 16.8. The quantitative estimate of drug-likeness (QED) is 0.762. The summed E-state index contributed by atoms with van der Waals surface area (Å²) in [5.74, 6) is 0.178. The molecule has 0 unspecified atom stereocenters. The van der Waals surface area contributed by atoms with Crippen molar-refractivity contribution in [3.05, 3.63) is 29.3 Å². The van der Waals surface area contributed by atoms with Gasteiger partial charge >= 0.3 is 6.09 Å². The fourth-order valence-corrected chi connectivity index (χ4v) is 4.09. The molecule has 2 heterocycles. The van der Waals surface area contributed by atoms with E-state index in [1.807, 2.05) is 25.7 Å². The van der Waals surface area contributed by atoms with E-state index in [1.165, 1.54) is 0 Å². The van der Waals surface area contributed by atoms with Crippen molar-refractivity contribution in [2.24, 2.45) is 0 Å². The molecule has 26 heavy (non-hydrogen) atoms. The number of carbonyl (C=O) groups is 2. The molecule has 5 nitrogen and oxygen atoms in total. The molecule has 0 saturated carbocycles. The van der Waals surface area contributed by atoms with E-state index in [4.69, 9.17) is 4.74 Å². The number of ether oxygens (including phenoxy) is 1. The van der Waals surface area contributed by atoms with Crippen LogP contribution in [0.15, 0.2) is 18.2 Å². The molecule has 0 atom stereocenters. The molecule has 1 fully saturated rings. The van der Waals surface area contributed by atoms with Crippen molar-refractivity contribution in [1.29, 1.82) is 0 Å². The van der Waals surface area contributed by atoms with Crippen molar-refractivity contribution < 1.29 is 14.3 Å². The number of carbonyl (C=O) groups excluding carboxylic acids is 2. The van der Waals surface area contributed by atoms with E-state index in [9.17, 15) is 9.59 Å². The second-order valence-electron chi connectivity index (χ2n) is 8.84. The summed E-state index contributed by atoms with van der Waals surface area (Å²) in [6.07, 6.45) is 0.997. The van der Waals surface area contributed by atoms with Gasteiger partial charge in [-0.15, -0.1) is 0 Å². The van der Waals surface area contributed by atoms with Crippen molar-refractivity contribution in [3.8, 4) is 0 Å². The highest BCUT2D eigenvalue weighted by Gasteiger charge is 2.53. The Labute approximate surface area is 156 Å². The smallest absolute Gasteiger partial charge is 0.410 e. The number of piperidine rings is 1. The summed E-state index contributed by atoms with van der Waals surface area (Å²) in [5, 5.41) is 0. The largest absolute Gasteiger partial charge is 0.444 e. The van der Waals surface area contributed by atoms with E-state index in [0.717, 1.165) is 16.8 Å². The maximum absolute atomic E-state index is 13.4. The van der Waals surface area contributed by atoms with Crippen LogP contribution in [0.3, 0.4) is 0 Å². The van der Waals surface area contributed by atoms with Gasteiger partial charge in [-0.1, -0.05) is 12.1 Å². The Kier molecular flexibility index (Phi) is 4.53. The Hall–Kier alpha value is -2.04. The van der Waals surface area contributed by atoms with Crippen LogP contribution in [0, 0.1) is 6.92 Å². The predicted octanol–water partition coefficient (Wildman–Crippen LogP) is 4.02. The third-order valence-electron chi connectivity index (χ3n) is 5.34. The van der Waals surface area contributed by atoms with Gasteiger partial charge in [0, 0.05) is 24.8 Å². The third kappa shape index (κ3) is 3.08. The molecule has 0 radical (unpaired) electrons. The number of anilines is 1. The number of likely N-dealkylation sites (tertiary alicyclic amines) is 1. The summed E-state index contributed by atoms with van der Waals surface area (Å²) in [7, 11) is 0. The zero-order chi connectivity index (χ0) is 19.3. The van der Waals surface area contributed by atoms with E-state index in [1.54, 1.807) is 4.90 Å². The van der Waals surface area contributed by atoms with Crippen LogP contribution in [0.1, 0.15) is 58.6 Å². The van der Waals surface area contributed by atoms with E-state index >= 15 is 0 Å². The van der Waals surface area contributed by atoms with Crippen LogP contribution in [-0.2, 0) is 14.9 Å². The summed E-state index contributed by atoms with van der Waals surface area (Å²) in [6.45, 7) is 12.9. The molecule has 2 amide bonds. The lowest BCUT2D eigenvalue weighted by Crippen LogP contribution is -2.51. The fourth-order valence-electron chi connectivity index (χ4n) is 4.09. The molecule has 1 spiro atoms. The van der Waals surface area contributed by atoms with Crippen LogP contribution in [0.4, 0.5) is 10.5 Å². The summed E-state index contributed by atoms with van der Waals surface area (Å²) in [5.41, 5.74) is 2.30. The van der Waals surface area contributed by atoms with Gasteiger partial charge in [-0.2, -0.15) is 0 Å². The Morgan fingerprint density at radius 1 is 1.19 bits per heavy atom. The molecule has 2 aliphatic heterocycles. The lowest BCUT2D eigenvalue weighted by molar-refractivity contribution is -0.125. The monoisotopic (exact) mass is 358 g/mol. The van der Waals surface area contributed by atoms with Crippen molar-refractivity contribution in [3.63, 3.8) is 0 Å². The Balaban J connectivity index is 1.86. The predicted molar refractivity (Wildman–Crippen MR) is 103 cm³/mol. The number of hydrogen-bond acceptors (Lipinski definition) is 3. The molecule has 3 rings (SSSR count). The average molecular weight is 358 g/mol. The van der Waals surface area contributed by atoms with Crippen molar-refractivity contribution in [2.75, 3.05) is 18.0 Å². The maximum Gasteiger partial charge on any atom is 0.410 e. The van der Waals surface area contributed by atoms with E-state index in [2.05, 4.69) is 39.0 Å². The number of hydrogen-bond donors (Lipinski definition) is 0. The van der Waals surface area contributed by atoms with E-state index < -0.39 is 11.0 Å². The Morgan fingerprint density at radius 3 is 2.35 bits per heavy atom. The number of amides is 2. The molecule has 2 aliphatic rings. The van der Waals surface area contributed by atoms with Gasteiger partial charge in [-0.25, -0.2) is 4.79 Å². The minimum atomic E-state index is -0.508. The highest BCUT2D eigenvalue weighted by molar-refractivity contribution is 6.08. The first-order valence-electron chi connectivity index (χ1n) is 9.48. The topological polar surface area (TPSA) is 49.9 Å². The van der Waals surface area contributed by atoms with Crippen LogP contribution >= 0.6 is 0 Å². The summed E-state index contributed by atoms with van der Waals surface area (Å²) < 4.78 is 5.49. The molecule has 0 N–H and O–H groups in total. The minimum Gasteiger partial charge on any atom is -0.444 e. The molecule has 0 bridgehead atoms. The second kappa shape index (κ2) is 6.29. The van der Waals surface area contributed by atoms with E-state index in [0.29, 0.717) is 25.9 Å².